The van der Waals surface area contributed by atoms with Gasteiger partial charge in [0, 0.05) is 5.54 Å². The SMILES string of the molecule is CC(C)(NS(=O)(=O)c1cc(C#N)ccc1Cl)C1CC1. The smallest absolute Gasteiger partial charge is 0.207 e. The molecule has 0 heterocycles. The van der Waals surface area contributed by atoms with E-state index < -0.39 is 15.6 Å². The minimum atomic E-state index is -3.72. The van der Waals surface area contributed by atoms with Crippen LogP contribution in [0.2, 0.25) is 5.02 Å². The Bertz CT molecular complexity index is 643. The Kier molecular flexibility index (Phi) is 3.61. The Hall–Kier alpha value is -1.09. The Morgan fingerprint density at radius 3 is 2.58 bits per heavy atom. The third-order valence-electron chi connectivity index (χ3n) is 3.35. The lowest BCUT2D eigenvalue weighted by Crippen LogP contribution is -2.45. The van der Waals surface area contributed by atoms with Crippen LogP contribution in [-0.4, -0.2) is 14.0 Å². The fraction of sp³-hybridized carbons (Fsp3) is 0.462. The van der Waals surface area contributed by atoms with Gasteiger partial charge in [-0.3, -0.25) is 0 Å². The van der Waals surface area contributed by atoms with Crippen LogP contribution >= 0.6 is 11.6 Å². The molecule has 1 aliphatic carbocycles. The molecule has 0 unspecified atom stereocenters. The summed E-state index contributed by atoms with van der Waals surface area (Å²) in [5.74, 6) is 0.361. The van der Waals surface area contributed by atoms with Crippen LogP contribution in [0.1, 0.15) is 32.3 Å². The largest absolute Gasteiger partial charge is 0.242 e. The van der Waals surface area contributed by atoms with Gasteiger partial charge < -0.3 is 0 Å². The zero-order valence-electron chi connectivity index (χ0n) is 10.8. The summed E-state index contributed by atoms with van der Waals surface area (Å²) in [6.45, 7) is 3.73. The molecule has 102 valence electrons. The molecule has 0 radical (unpaired) electrons. The second-order valence-electron chi connectivity index (χ2n) is 5.36. The van der Waals surface area contributed by atoms with Crippen LogP contribution in [0.25, 0.3) is 0 Å². The molecule has 2 rings (SSSR count). The van der Waals surface area contributed by atoms with Gasteiger partial charge in [-0.05, 0) is 50.8 Å². The number of hydrogen-bond donors (Lipinski definition) is 1. The maximum atomic E-state index is 12.4. The molecular formula is C13H15ClN2O2S. The summed E-state index contributed by atoms with van der Waals surface area (Å²) in [5.41, 5.74) is -0.223. The van der Waals surface area contributed by atoms with Gasteiger partial charge in [-0.1, -0.05) is 11.6 Å². The van der Waals surface area contributed by atoms with Crippen molar-refractivity contribution in [2.24, 2.45) is 5.92 Å². The van der Waals surface area contributed by atoms with Crippen molar-refractivity contribution in [1.29, 1.82) is 5.26 Å². The van der Waals surface area contributed by atoms with Crippen LogP contribution in [0, 0.1) is 17.2 Å². The van der Waals surface area contributed by atoms with Gasteiger partial charge >= 0.3 is 0 Å². The third kappa shape index (κ3) is 3.08. The van der Waals surface area contributed by atoms with Gasteiger partial charge in [0.15, 0.2) is 0 Å². The first-order valence-corrected chi connectivity index (χ1v) is 7.86. The molecule has 1 N–H and O–H groups in total. The van der Waals surface area contributed by atoms with E-state index in [1.165, 1.54) is 18.2 Å². The topological polar surface area (TPSA) is 70.0 Å². The molecule has 1 aliphatic rings. The maximum absolute atomic E-state index is 12.4. The van der Waals surface area contributed by atoms with Gasteiger partial charge in [0.2, 0.25) is 10.0 Å². The Morgan fingerprint density at radius 2 is 2.05 bits per heavy atom. The fourth-order valence-corrected chi connectivity index (χ4v) is 4.07. The Labute approximate surface area is 118 Å². The number of nitriles is 1. The quantitative estimate of drug-likeness (QED) is 0.929. The van der Waals surface area contributed by atoms with Crippen LogP contribution in [0.3, 0.4) is 0 Å². The van der Waals surface area contributed by atoms with E-state index in [1.54, 1.807) is 0 Å². The van der Waals surface area contributed by atoms with Crippen molar-refractivity contribution in [3.8, 4) is 6.07 Å². The Balaban J connectivity index is 2.37. The van der Waals surface area contributed by atoms with Crippen molar-refractivity contribution < 1.29 is 8.42 Å². The highest BCUT2D eigenvalue weighted by Gasteiger charge is 2.41. The van der Waals surface area contributed by atoms with Crippen LogP contribution in [0.15, 0.2) is 23.1 Å². The number of halogens is 1. The molecule has 0 spiro atoms. The van der Waals surface area contributed by atoms with Gasteiger partial charge in [0.05, 0.1) is 16.7 Å². The highest BCUT2D eigenvalue weighted by molar-refractivity contribution is 7.89. The monoisotopic (exact) mass is 298 g/mol. The molecule has 4 nitrogen and oxygen atoms in total. The molecule has 1 saturated carbocycles. The van der Waals surface area contributed by atoms with Gasteiger partial charge in [0.1, 0.15) is 4.90 Å². The van der Waals surface area contributed by atoms with Gasteiger partial charge in [-0.2, -0.15) is 5.26 Å². The van der Waals surface area contributed by atoms with Crippen molar-refractivity contribution in [3.63, 3.8) is 0 Å². The van der Waals surface area contributed by atoms with E-state index >= 15 is 0 Å². The molecule has 19 heavy (non-hydrogen) atoms. The highest BCUT2D eigenvalue weighted by atomic mass is 35.5. The normalized spacial score (nSPS) is 16.1. The molecule has 6 heteroatoms. The molecule has 0 saturated heterocycles. The van der Waals surface area contributed by atoms with E-state index in [1.807, 2.05) is 19.9 Å². The lowest BCUT2D eigenvalue weighted by Gasteiger charge is -2.26. The van der Waals surface area contributed by atoms with E-state index in [0.29, 0.717) is 5.92 Å². The highest BCUT2D eigenvalue weighted by Crippen LogP contribution is 2.40. The van der Waals surface area contributed by atoms with Crippen LogP contribution in [0.4, 0.5) is 0 Å². The number of nitrogens with one attached hydrogen (secondary N) is 1. The van der Waals surface area contributed by atoms with Crippen LogP contribution in [0.5, 0.6) is 0 Å². The minimum absolute atomic E-state index is 0.0399. The first-order valence-electron chi connectivity index (χ1n) is 6.00. The molecule has 0 amide bonds. The molecule has 1 aromatic carbocycles. The van der Waals surface area contributed by atoms with Crippen LogP contribution in [-0.2, 0) is 10.0 Å². The number of nitrogens with zero attached hydrogens (tertiary/aromatic N) is 1. The van der Waals surface area contributed by atoms with Gasteiger partial charge in [-0.15, -0.1) is 0 Å². The number of hydrogen-bond acceptors (Lipinski definition) is 3. The lowest BCUT2D eigenvalue weighted by molar-refractivity contribution is 0.400. The zero-order valence-corrected chi connectivity index (χ0v) is 12.3. The molecule has 1 fully saturated rings. The predicted molar refractivity (Wildman–Crippen MR) is 73.3 cm³/mol. The fourth-order valence-electron chi connectivity index (χ4n) is 2.07. The molecule has 0 bridgehead atoms. The first kappa shape index (κ1) is 14.3. The van der Waals surface area contributed by atoms with E-state index in [9.17, 15) is 8.42 Å². The summed E-state index contributed by atoms with van der Waals surface area (Å²) in [6.07, 6.45) is 2.06. The Morgan fingerprint density at radius 1 is 1.42 bits per heavy atom. The zero-order chi connectivity index (χ0) is 14.3. The van der Waals surface area contributed by atoms with Crippen LogP contribution < -0.4 is 4.72 Å². The van der Waals surface area contributed by atoms with E-state index in [-0.39, 0.29) is 15.5 Å². The molecule has 1 aromatic rings. The van der Waals surface area contributed by atoms with Gasteiger partial charge in [0.25, 0.3) is 0 Å². The molecule has 0 aromatic heterocycles. The summed E-state index contributed by atoms with van der Waals surface area (Å²) in [7, 11) is -3.72. The van der Waals surface area contributed by atoms with Crippen molar-refractivity contribution in [2.75, 3.05) is 0 Å². The van der Waals surface area contributed by atoms with E-state index in [2.05, 4.69) is 4.72 Å². The average molecular weight is 299 g/mol. The van der Waals surface area contributed by atoms with Crippen molar-refractivity contribution >= 4 is 21.6 Å². The summed E-state index contributed by atoms with van der Waals surface area (Å²) in [5, 5.41) is 8.96. The third-order valence-corrected chi connectivity index (χ3v) is 5.50. The molecule has 0 atom stereocenters. The lowest BCUT2D eigenvalue weighted by atomic mass is 10.0. The second kappa shape index (κ2) is 4.78. The van der Waals surface area contributed by atoms with Gasteiger partial charge in [-0.25, -0.2) is 13.1 Å². The predicted octanol–water partition coefficient (Wildman–Crippen LogP) is 2.68. The number of rotatable bonds is 4. The summed E-state index contributed by atoms with van der Waals surface area (Å²) >= 11 is 5.93. The minimum Gasteiger partial charge on any atom is -0.207 e. The second-order valence-corrected chi connectivity index (χ2v) is 7.42. The van der Waals surface area contributed by atoms with E-state index in [0.717, 1.165) is 12.8 Å². The first-order chi connectivity index (χ1) is 8.76. The molecule has 0 aliphatic heterocycles. The average Bonchev–Trinajstić information content (AvgIpc) is 3.12. The standard InChI is InChI=1S/C13H15ClN2O2S/c1-13(2,10-4-5-10)16-19(17,18)12-7-9(8-15)3-6-11(12)14/h3,6-7,10,16H,4-5H2,1-2H3. The summed E-state index contributed by atoms with van der Waals surface area (Å²) in [4.78, 5) is -0.0399. The summed E-state index contributed by atoms with van der Waals surface area (Å²) in [6, 6.07) is 6.14. The molecular weight excluding hydrogens is 284 g/mol. The van der Waals surface area contributed by atoms with Crippen molar-refractivity contribution in [2.45, 2.75) is 37.1 Å². The maximum Gasteiger partial charge on any atom is 0.242 e. The van der Waals surface area contributed by atoms with Crippen molar-refractivity contribution in [3.05, 3.63) is 28.8 Å². The van der Waals surface area contributed by atoms with E-state index in [4.69, 9.17) is 16.9 Å². The number of sulfonamides is 1. The number of benzene rings is 1. The summed E-state index contributed by atoms with van der Waals surface area (Å²) < 4.78 is 27.4. The van der Waals surface area contributed by atoms with Crippen molar-refractivity contribution in [1.82, 2.24) is 4.72 Å².